The van der Waals surface area contributed by atoms with Gasteiger partial charge in [-0.2, -0.15) is 0 Å². The highest BCUT2D eigenvalue weighted by atomic mass is 16.5. The van der Waals surface area contributed by atoms with Gasteiger partial charge in [-0.3, -0.25) is 0 Å². The van der Waals surface area contributed by atoms with Crippen molar-refractivity contribution in [3.8, 4) is 5.75 Å². The molecule has 2 N–H and O–H groups in total. The zero-order valence-electron chi connectivity index (χ0n) is 12.2. The molecule has 0 saturated heterocycles. The van der Waals surface area contributed by atoms with Crippen LogP contribution in [0.25, 0.3) is 0 Å². The molecule has 1 atom stereocenters. The number of benzene rings is 2. The second-order valence-corrected chi connectivity index (χ2v) is 4.74. The second-order valence-electron chi connectivity index (χ2n) is 4.74. The van der Waals surface area contributed by atoms with Crippen LogP contribution < -0.4 is 5.32 Å². The van der Waals surface area contributed by atoms with Crippen LogP contribution in [0, 0.1) is 0 Å². The van der Waals surface area contributed by atoms with E-state index in [2.05, 4.69) is 5.32 Å². The van der Waals surface area contributed by atoms with E-state index in [4.69, 9.17) is 4.74 Å². The second kappa shape index (κ2) is 6.79. The number of phenols is 1. The molecule has 0 aromatic heterocycles. The van der Waals surface area contributed by atoms with E-state index in [1.54, 1.807) is 30.3 Å². The summed E-state index contributed by atoms with van der Waals surface area (Å²) in [6, 6.07) is 14.4. The summed E-state index contributed by atoms with van der Waals surface area (Å²) >= 11 is 0. The Balaban J connectivity index is 2.23. The molecule has 21 heavy (non-hydrogen) atoms. The van der Waals surface area contributed by atoms with Gasteiger partial charge in [0.2, 0.25) is 0 Å². The Bertz CT molecular complexity index is 625. The van der Waals surface area contributed by atoms with E-state index in [9.17, 15) is 9.90 Å². The number of rotatable bonds is 5. The van der Waals surface area contributed by atoms with Crippen LogP contribution in [-0.4, -0.2) is 18.2 Å². The van der Waals surface area contributed by atoms with Crippen molar-refractivity contribution in [2.24, 2.45) is 0 Å². The van der Waals surface area contributed by atoms with Crippen molar-refractivity contribution < 1.29 is 14.6 Å². The lowest BCUT2D eigenvalue weighted by molar-refractivity contribution is 0.0601. The summed E-state index contributed by atoms with van der Waals surface area (Å²) in [4.78, 5) is 11.6. The fourth-order valence-corrected chi connectivity index (χ4v) is 2.24. The molecule has 110 valence electrons. The third-order valence-electron chi connectivity index (χ3n) is 3.34. The van der Waals surface area contributed by atoms with Gasteiger partial charge >= 0.3 is 5.97 Å². The van der Waals surface area contributed by atoms with Gasteiger partial charge in [-0.05, 0) is 30.7 Å². The molecule has 4 nitrogen and oxygen atoms in total. The van der Waals surface area contributed by atoms with Crippen LogP contribution in [0.3, 0.4) is 0 Å². The average molecular weight is 285 g/mol. The van der Waals surface area contributed by atoms with E-state index in [-0.39, 0.29) is 17.8 Å². The van der Waals surface area contributed by atoms with Crippen molar-refractivity contribution in [2.75, 3.05) is 12.4 Å². The zero-order chi connectivity index (χ0) is 15.2. The highest BCUT2D eigenvalue weighted by molar-refractivity contribution is 5.90. The van der Waals surface area contributed by atoms with Crippen LogP contribution >= 0.6 is 0 Å². The van der Waals surface area contributed by atoms with E-state index in [0.717, 1.165) is 17.7 Å². The van der Waals surface area contributed by atoms with Crippen LogP contribution in [0.1, 0.15) is 35.3 Å². The number of carbonyl (C=O) groups excluding carboxylic acids is 1. The monoisotopic (exact) mass is 285 g/mol. The Morgan fingerprint density at radius 2 is 2.00 bits per heavy atom. The van der Waals surface area contributed by atoms with E-state index in [1.165, 1.54) is 7.11 Å². The number of anilines is 1. The molecule has 0 aliphatic rings. The van der Waals surface area contributed by atoms with Gasteiger partial charge < -0.3 is 15.2 Å². The first kappa shape index (κ1) is 14.9. The molecule has 2 aromatic carbocycles. The Hall–Kier alpha value is -2.49. The summed E-state index contributed by atoms with van der Waals surface area (Å²) in [5.74, 6) is -0.102. The lowest BCUT2D eigenvalue weighted by Gasteiger charge is -2.20. The number of esters is 1. The molecule has 0 spiro atoms. The van der Waals surface area contributed by atoms with Crippen LogP contribution in [-0.2, 0) is 4.74 Å². The predicted molar refractivity (Wildman–Crippen MR) is 82.5 cm³/mol. The van der Waals surface area contributed by atoms with Crippen LogP contribution in [0.15, 0.2) is 48.5 Å². The summed E-state index contributed by atoms with van der Waals surface area (Å²) < 4.78 is 4.72. The average Bonchev–Trinajstić information content (AvgIpc) is 2.53. The maximum Gasteiger partial charge on any atom is 0.337 e. The van der Waals surface area contributed by atoms with Crippen LogP contribution in [0.4, 0.5) is 5.69 Å². The van der Waals surface area contributed by atoms with Crippen LogP contribution in [0.5, 0.6) is 5.75 Å². The molecular weight excluding hydrogens is 266 g/mol. The maximum absolute atomic E-state index is 11.6. The van der Waals surface area contributed by atoms with E-state index >= 15 is 0 Å². The van der Waals surface area contributed by atoms with Gasteiger partial charge in [-0.25, -0.2) is 4.79 Å². The fourth-order valence-electron chi connectivity index (χ4n) is 2.24. The number of hydrogen-bond acceptors (Lipinski definition) is 4. The Kier molecular flexibility index (Phi) is 4.82. The van der Waals surface area contributed by atoms with Crippen molar-refractivity contribution >= 4 is 11.7 Å². The van der Waals surface area contributed by atoms with Gasteiger partial charge in [-0.15, -0.1) is 0 Å². The minimum atomic E-state index is -0.366. The molecule has 2 aromatic rings. The van der Waals surface area contributed by atoms with Gasteiger partial charge in [0.05, 0.1) is 18.7 Å². The third-order valence-corrected chi connectivity index (χ3v) is 3.34. The zero-order valence-corrected chi connectivity index (χ0v) is 12.2. The molecule has 4 heteroatoms. The summed E-state index contributed by atoms with van der Waals surface area (Å²) in [5.41, 5.74) is 2.14. The molecule has 0 aliphatic heterocycles. The highest BCUT2D eigenvalue weighted by Gasteiger charge is 2.14. The predicted octanol–water partition coefficient (Wildman–Crippen LogP) is 3.74. The standard InChI is InChI=1S/C17H19NO3/c1-3-15(14-9-4-5-10-16(14)19)18-13-8-6-7-12(11-13)17(20)21-2/h4-11,15,18-19H,3H2,1-2H3. The molecule has 0 heterocycles. The molecule has 0 bridgehead atoms. The lowest BCUT2D eigenvalue weighted by atomic mass is 10.0. The molecule has 2 rings (SSSR count). The number of phenolic OH excluding ortho intramolecular Hbond substituents is 1. The van der Waals surface area contributed by atoms with Gasteiger partial charge in [-0.1, -0.05) is 31.2 Å². The van der Waals surface area contributed by atoms with Gasteiger partial charge in [0, 0.05) is 11.3 Å². The Morgan fingerprint density at radius 3 is 2.67 bits per heavy atom. The quantitative estimate of drug-likeness (QED) is 0.822. The number of carbonyl (C=O) groups is 1. The normalized spacial score (nSPS) is 11.7. The van der Waals surface area contributed by atoms with Crippen molar-refractivity contribution in [2.45, 2.75) is 19.4 Å². The smallest absolute Gasteiger partial charge is 0.337 e. The topological polar surface area (TPSA) is 58.6 Å². The molecule has 0 fully saturated rings. The molecule has 0 saturated carbocycles. The summed E-state index contributed by atoms with van der Waals surface area (Å²) in [7, 11) is 1.36. The molecular formula is C17H19NO3. The van der Waals surface area contributed by atoms with Gasteiger partial charge in [0.15, 0.2) is 0 Å². The third kappa shape index (κ3) is 3.54. The van der Waals surface area contributed by atoms with Crippen molar-refractivity contribution in [1.29, 1.82) is 0 Å². The van der Waals surface area contributed by atoms with E-state index in [0.29, 0.717) is 5.56 Å². The first-order chi connectivity index (χ1) is 10.2. The first-order valence-corrected chi connectivity index (χ1v) is 6.88. The van der Waals surface area contributed by atoms with Crippen molar-refractivity contribution in [3.05, 3.63) is 59.7 Å². The van der Waals surface area contributed by atoms with Crippen molar-refractivity contribution in [3.63, 3.8) is 0 Å². The summed E-state index contributed by atoms with van der Waals surface area (Å²) in [6.45, 7) is 2.04. The number of hydrogen-bond donors (Lipinski definition) is 2. The minimum absolute atomic E-state index is 0.0286. The number of methoxy groups -OCH3 is 1. The largest absolute Gasteiger partial charge is 0.508 e. The lowest BCUT2D eigenvalue weighted by Crippen LogP contribution is -2.10. The number of aromatic hydroxyl groups is 1. The molecule has 1 unspecified atom stereocenters. The fraction of sp³-hybridized carbons (Fsp3) is 0.235. The van der Waals surface area contributed by atoms with Gasteiger partial charge in [0.25, 0.3) is 0 Å². The molecule has 0 radical (unpaired) electrons. The number of para-hydroxylation sites is 1. The molecule has 0 amide bonds. The maximum atomic E-state index is 11.6. The minimum Gasteiger partial charge on any atom is -0.508 e. The first-order valence-electron chi connectivity index (χ1n) is 6.88. The Morgan fingerprint density at radius 1 is 1.24 bits per heavy atom. The molecule has 0 aliphatic carbocycles. The Labute approximate surface area is 124 Å². The van der Waals surface area contributed by atoms with E-state index in [1.807, 2.05) is 25.1 Å². The van der Waals surface area contributed by atoms with Gasteiger partial charge in [0.1, 0.15) is 5.75 Å². The highest BCUT2D eigenvalue weighted by Crippen LogP contribution is 2.29. The number of nitrogens with one attached hydrogen (secondary N) is 1. The number of ether oxygens (including phenoxy) is 1. The van der Waals surface area contributed by atoms with Crippen molar-refractivity contribution in [1.82, 2.24) is 0 Å². The SMILES string of the molecule is CCC(Nc1cccc(C(=O)OC)c1)c1ccccc1O. The van der Waals surface area contributed by atoms with Crippen LogP contribution in [0.2, 0.25) is 0 Å². The summed E-state index contributed by atoms with van der Waals surface area (Å²) in [6.07, 6.45) is 0.806. The van der Waals surface area contributed by atoms with E-state index < -0.39 is 0 Å². The summed E-state index contributed by atoms with van der Waals surface area (Å²) in [5, 5.41) is 13.3.